The van der Waals surface area contributed by atoms with Gasteiger partial charge in [-0.05, 0) is 48.6 Å². The van der Waals surface area contributed by atoms with Crippen molar-refractivity contribution in [3.05, 3.63) is 84.4 Å². The molecule has 4 aliphatic rings. The van der Waals surface area contributed by atoms with Crippen molar-refractivity contribution in [2.45, 2.75) is 43.9 Å². The Bertz CT molecular complexity index is 1380. The largest absolute Gasteiger partial charge is 4.00 e. The third-order valence-corrected chi connectivity index (χ3v) is 8.98. The van der Waals surface area contributed by atoms with Gasteiger partial charge in [0.25, 0.3) is 0 Å². The van der Waals surface area contributed by atoms with E-state index >= 15 is 0 Å². The van der Waals surface area contributed by atoms with Crippen molar-refractivity contribution >= 4 is 32.6 Å². The van der Waals surface area contributed by atoms with Crippen molar-refractivity contribution in [2.75, 3.05) is 0 Å². The van der Waals surface area contributed by atoms with Gasteiger partial charge in [0.15, 0.2) is 0 Å². The van der Waals surface area contributed by atoms with Gasteiger partial charge in [-0.15, -0.1) is 17.5 Å². The second-order valence-corrected chi connectivity index (χ2v) is 10.9. The van der Waals surface area contributed by atoms with Crippen molar-refractivity contribution in [1.82, 2.24) is 4.57 Å². The van der Waals surface area contributed by atoms with E-state index in [0.717, 1.165) is 17.8 Å². The van der Waals surface area contributed by atoms with E-state index in [0.29, 0.717) is 5.41 Å². The SMILES string of the molecule is Cn1c2ccccc2c2[cH-]c3ccccc3c21.[Cl-].[Cl-].[Zr+4].c1cc(C23CC4CC(CC(C4)C2)C3)c[cH-]1. The molecule has 0 N–H and O–H groups in total. The fourth-order valence-corrected chi connectivity index (χ4v) is 8.08. The molecule has 1 nitrogen and oxygen atoms in total. The first-order valence-electron chi connectivity index (χ1n) is 12.4. The van der Waals surface area contributed by atoms with Gasteiger partial charge in [0.1, 0.15) is 0 Å². The molecule has 4 saturated carbocycles. The molecule has 178 valence electrons. The fourth-order valence-electron chi connectivity index (χ4n) is 8.08. The maximum atomic E-state index is 2.38. The number of fused-ring (bicyclic) bond motifs is 5. The van der Waals surface area contributed by atoms with Crippen LogP contribution in [0.5, 0.6) is 0 Å². The second-order valence-electron chi connectivity index (χ2n) is 10.9. The minimum Gasteiger partial charge on any atom is -1.00 e. The Labute approximate surface area is 239 Å². The van der Waals surface area contributed by atoms with Crippen LogP contribution in [0.3, 0.4) is 0 Å². The Morgan fingerprint density at radius 1 is 0.800 bits per heavy atom. The molecule has 0 atom stereocenters. The molecule has 4 aliphatic carbocycles. The van der Waals surface area contributed by atoms with E-state index in [1.807, 2.05) is 0 Å². The molecule has 1 aromatic heterocycles. The maximum Gasteiger partial charge on any atom is 4.00 e. The monoisotopic (exact) mass is 577 g/mol. The van der Waals surface area contributed by atoms with Gasteiger partial charge < -0.3 is 29.4 Å². The summed E-state index contributed by atoms with van der Waals surface area (Å²) in [7, 11) is 2.15. The number of para-hydroxylation sites is 1. The van der Waals surface area contributed by atoms with Crippen LogP contribution >= 0.6 is 0 Å². The molecule has 4 heteroatoms. The summed E-state index contributed by atoms with van der Waals surface area (Å²) >= 11 is 0. The van der Waals surface area contributed by atoms with E-state index in [1.165, 1.54) is 51.8 Å². The van der Waals surface area contributed by atoms with Gasteiger partial charge in [0.05, 0.1) is 0 Å². The normalized spacial score (nSPS) is 26.0. The van der Waals surface area contributed by atoms with Crippen LogP contribution in [-0.2, 0) is 38.7 Å². The number of hydrogen-bond acceptors (Lipinski definition) is 0. The first-order valence-corrected chi connectivity index (χ1v) is 12.4. The van der Waals surface area contributed by atoms with Crippen molar-refractivity contribution in [3.63, 3.8) is 0 Å². The minimum atomic E-state index is 0. The first kappa shape index (κ1) is 26.7. The molecule has 4 fully saturated rings. The van der Waals surface area contributed by atoms with Crippen molar-refractivity contribution in [1.29, 1.82) is 0 Å². The topological polar surface area (TPSA) is 4.93 Å². The summed E-state index contributed by atoms with van der Waals surface area (Å²) < 4.78 is 2.30. The van der Waals surface area contributed by atoms with Gasteiger partial charge in [-0.2, -0.15) is 23.8 Å². The number of halogens is 2. The Morgan fingerprint density at radius 3 is 2.03 bits per heavy atom. The van der Waals surface area contributed by atoms with Crippen LogP contribution in [0.25, 0.3) is 32.6 Å². The number of nitrogens with zero attached hydrogens (tertiary/aromatic N) is 1. The van der Waals surface area contributed by atoms with Crippen molar-refractivity contribution in [3.8, 4) is 0 Å². The fraction of sp³-hybridized carbons (Fsp3) is 0.355. The maximum absolute atomic E-state index is 2.38. The van der Waals surface area contributed by atoms with Gasteiger partial charge in [0, 0.05) is 12.6 Å². The summed E-state index contributed by atoms with van der Waals surface area (Å²) in [6, 6.07) is 28.7. The summed E-state index contributed by atoms with van der Waals surface area (Å²) in [5, 5.41) is 5.39. The summed E-state index contributed by atoms with van der Waals surface area (Å²) in [4.78, 5) is 0. The third kappa shape index (κ3) is 4.28. The standard InChI is InChI=1S/C16H12N.C15H19.2ClH.Zr/c1-17-15-9-5-4-8-13(15)14-10-11-6-2-3-7-12(11)16(14)17;1-2-4-14(3-1)15-8-11-5-12(9-15)7-13(6-11)10-15;;;/h2-10H,1H3;1-4,11-13H,5-10H2;2*1H;/q2*-1;;;+4/p-2. The summed E-state index contributed by atoms with van der Waals surface area (Å²) in [6.45, 7) is 0. The summed E-state index contributed by atoms with van der Waals surface area (Å²) in [6.07, 6.45) is 9.18. The molecule has 4 bridgehead atoms. The Balaban J connectivity index is 0.000000153. The number of benzene rings is 2. The average molecular weight is 580 g/mol. The van der Waals surface area contributed by atoms with E-state index in [4.69, 9.17) is 0 Å². The molecule has 0 spiro atoms. The van der Waals surface area contributed by atoms with Gasteiger partial charge in [0.2, 0.25) is 0 Å². The zero-order valence-corrected chi connectivity index (χ0v) is 24.2. The van der Waals surface area contributed by atoms with Gasteiger partial charge >= 0.3 is 26.2 Å². The van der Waals surface area contributed by atoms with E-state index in [1.54, 1.807) is 24.8 Å². The molecule has 4 aromatic carbocycles. The second kappa shape index (κ2) is 10.2. The molecule has 0 radical (unpaired) electrons. The van der Waals surface area contributed by atoms with E-state index in [9.17, 15) is 0 Å². The van der Waals surface area contributed by atoms with E-state index in [2.05, 4.69) is 90.5 Å². The van der Waals surface area contributed by atoms with Crippen molar-refractivity contribution < 1.29 is 51.0 Å². The third-order valence-electron chi connectivity index (χ3n) is 8.98. The number of hydrogen-bond donors (Lipinski definition) is 0. The molecule has 0 aliphatic heterocycles. The van der Waals surface area contributed by atoms with E-state index < -0.39 is 0 Å². The van der Waals surface area contributed by atoms with Crippen LogP contribution in [0, 0.1) is 17.8 Å². The summed E-state index contributed by atoms with van der Waals surface area (Å²) in [5.74, 6) is 3.23. The van der Waals surface area contributed by atoms with Crippen LogP contribution in [0.15, 0.2) is 78.9 Å². The predicted molar refractivity (Wildman–Crippen MR) is 135 cm³/mol. The van der Waals surface area contributed by atoms with Gasteiger partial charge in [-0.25, -0.2) is 6.07 Å². The van der Waals surface area contributed by atoms with Crippen LogP contribution < -0.4 is 24.8 Å². The van der Waals surface area contributed by atoms with Crippen molar-refractivity contribution in [2.24, 2.45) is 24.8 Å². The summed E-state index contributed by atoms with van der Waals surface area (Å²) in [5.41, 5.74) is 4.95. The Hall–Kier alpha value is -1.34. The number of aryl methyl sites for hydroxylation is 1. The molecular formula is C31H31Cl2NZr. The Morgan fingerprint density at radius 2 is 1.40 bits per heavy atom. The van der Waals surface area contributed by atoms with Crippen LogP contribution in [0.1, 0.15) is 44.1 Å². The molecule has 0 saturated heterocycles. The quantitative estimate of drug-likeness (QED) is 0.268. The number of aromatic nitrogens is 1. The van der Waals surface area contributed by atoms with Crippen LogP contribution in [0.4, 0.5) is 0 Å². The molecule has 9 rings (SSSR count). The molecular weight excluding hydrogens is 548 g/mol. The molecule has 0 amide bonds. The zero-order chi connectivity index (χ0) is 21.3. The molecule has 5 aromatic rings. The smallest absolute Gasteiger partial charge is 1.00 e. The molecule has 0 unspecified atom stereocenters. The zero-order valence-electron chi connectivity index (χ0n) is 20.2. The Kier molecular flexibility index (Phi) is 7.79. The van der Waals surface area contributed by atoms with Gasteiger partial charge in [-0.1, -0.05) is 77.2 Å². The predicted octanol–water partition coefficient (Wildman–Crippen LogP) is 2.08. The average Bonchev–Trinajstić information content (AvgIpc) is 3.52. The minimum absolute atomic E-state index is 0. The van der Waals surface area contributed by atoms with Gasteiger partial charge in [-0.3, -0.25) is 0 Å². The first-order chi connectivity index (χ1) is 15.7. The molecule has 35 heavy (non-hydrogen) atoms. The van der Waals surface area contributed by atoms with E-state index in [-0.39, 0.29) is 51.0 Å². The van der Waals surface area contributed by atoms with Crippen LogP contribution in [0.2, 0.25) is 0 Å². The van der Waals surface area contributed by atoms with Crippen LogP contribution in [-0.4, -0.2) is 4.57 Å². The number of rotatable bonds is 1. The molecule has 1 heterocycles.